The topological polar surface area (TPSA) is 111 Å². The van der Waals surface area contributed by atoms with Gasteiger partial charge in [0, 0.05) is 6.54 Å². The molecule has 0 aliphatic rings. The second kappa shape index (κ2) is 12.2. The van der Waals surface area contributed by atoms with E-state index in [0.717, 1.165) is 0 Å². The molecule has 4 rings (SSSR count). The summed E-state index contributed by atoms with van der Waals surface area (Å²) in [5.74, 6) is 0.954. The molecule has 0 saturated heterocycles. The van der Waals surface area contributed by atoms with Crippen molar-refractivity contribution in [2.75, 3.05) is 31.2 Å². The van der Waals surface area contributed by atoms with E-state index in [2.05, 4.69) is 4.98 Å². The molecule has 0 fully saturated rings. The number of aromatic nitrogens is 2. The second-order valence-electron chi connectivity index (χ2n) is 8.55. The fraction of sp³-hybridized carbons (Fsp3) is 0.259. The molecule has 2 aromatic carbocycles. The lowest BCUT2D eigenvalue weighted by atomic mass is 10.2. The van der Waals surface area contributed by atoms with Crippen molar-refractivity contribution < 1.29 is 27.7 Å². The van der Waals surface area contributed by atoms with Crippen LogP contribution >= 0.6 is 11.3 Å². The van der Waals surface area contributed by atoms with Gasteiger partial charge in [0.25, 0.3) is 15.9 Å². The molecule has 38 heavy (non-hydrogen) atoms. The van der Waals surface area contributed by atoms with Gasteiger partial charge in [-0.3, -0.25) is 0 Å². The molecule has 0 amide bonds. The third-order valence-corrected chi connectivity index (χ3v) is 7.90. The van der Waals surface area contributed by atoms with Crippen molar-refractivity contribution >= 4 is 27.2 Å². The first-order chi connectivity index (χ1) is 18.3. The Hall–Kier alpha value is -3.67. The monoisotopic (exact) mass is 555 g/mol. The zero-order chi connectivity index (χ0) is 27.1. The molecular formula is C27H29N3O6S2. The lowest BCUT2D eigenvalue weighted by Crippen LogP contribution is -2.35. The number of hydrogen-bond donors (Lipinski definition) is 1. The SMILES string of the molecule is COc1ccccc1Oc1c(OCCO)nc(-c2cccs2)nc1N(CC(C)C)S(=O)(=O)c1ccccc1. The molecule has 0 atom stereocenters. The zero-order valence-electron chi connectivity index (χ0n) is 21.3. The minimum absolute atomic E-state index is 0.00428. The Morgan fingerprint density at radius 3 is 2.32 bits per heavy atom. The van der Waals surface area contributed by atoms with Crippen LogP contribution < -0.4 is 18.5 Å². The average molecular weight is 556 g/mol. The summed E-state index contributed by atoms with van der Waals surface area (Å²) in [5.41, 5.74) is 0. The highest BCUT2D eigenvalue weighted by Crippen LogP contribution is 2.44. The number of benzene rings is 2. The summed E-state index contributed by atoms with van der Waals surface area (Å²) >= 11 is 1.40. The van der Waals surface area contributed by atoms with Crippen molar-refractivity contribution in [3.05, 3.63) is 72.1 Å². The van der Waals surface area contributed by atoms with Crippen LogP contribution in [0, 0.1) is 5.92 Å². The largest absolute Gasteiger partial charge is 0.493 e. The Balaban J connectivity index is 2.00. The second-order valence-corrected chi connectivity index (χ2v) is 11.4. The van der Waals surface area contributed by atoms with Crippen LogP contribution in [0.4, 0.5) is 5.82 Å². The van der Waals surface area contributed by atoms with Crippen LogP contribution in [0.2, 0.25) is 0 Å². The predicted molar refractivity (Wildman–Crippen MR) is 147 cm³/mol. The lowest BCUT2D eigenvalue weighted by Gasteiger charge is -2.28. The van der Waals surface area contributed by atoms with Gasteiger partial charge in [0.1, 0.15) is 6.61 Å². The van der Waals surface area contributed by atoms with Gasteiger partial charge in [-0.15, -0.1) is 11.3 Å². The Morgan fingerprint density at radius 1 is 0.974 bits per heavy atom. The molecule has 0 saturated carbocycles. The van der Waals surface area contributed by atoms with Crippen molar-refractivity contribution in [2.45, 2.75) is 18.7 Å². The molecule has 200 valence electrons. The number of aliphatic hydroxyl groups is 1. The molecule has 1 N–H and O–H groups in total. The fourth-order valence-corrected chi connectivity index (χ4v) is 5.85. The van der Waals surface area contributed by atoms with E-state index in [1.54, 1.807) is 42.5 Å². The maximum absolute atomic E-state index is 14.0. The summed E-state index contributed by atoms with van der Waals surface area (Å²) in [6.45, 7) is 3.58. The first-order valence-electron chi connectivity index (χ1n) is 11.9. The number of rotatable bonds is 12. The number of sulfonamides is 1. The number of aliphatic hydroxyl groups excluding tert-OH is 1. The summed E-state index contributed by atoms with van der Waals surface area (Å²) in [6.07, 6.45) is 0. The van der Waals surface area contributed by atoms with E-state index in [1.807, 2.05) is 31.4 Å². The van der Waals surface area contributed by atoms with Gasteiger partial charge in [0.15, 0.2) is 23.1 Å². The Morgan fingerprint density at radius 2 is 1.68 bits per heavy atom. The van der Waals surface area contributed by atoms with Crippen molar-refractivity contribution in [2.24, 2.45) is 5.92 Å². The number of hydrogen-bond acceptors (Lipinski definition) is 9. The number of methoxy groups -OCH3 is 1. The van der Waals surface area contributed by atoms with Crippen LogP contribution in [0.5, 0.6) is 23.1 Å². The van der Waals surface area contributed by atoms with E-state index in [1.165, 1.54) is 34.9 Å². The normalized spacial score (nSPS) is 11.4. The molecule has 0 unspecified atom stereocenters. The first kappa shape index (κ1) is 27.4. The highest BCUT2D eigenvalue weighted by molar-refractivity contribution is 7.92. The van der Waals surface area contributed by atoms with Crippen LogP contribution in [0.3, 0.4) is 0 Å². The standard InChI is InChI=1S/C27H29N3O6S2/c1-19(2)18-30(38(32,33)20-10-5-4-6-11-20)26-24(36-22-13-8-7-12-21(22)34-3)27(35-16-15-31)29-25(28-26)23-14-9-17-37-23/h4-14,17,19,31H,15-16,18H2,1-3H3. The Bertz CT molecular complexity index is 1450. The third kappa shape index (κ3) is 6.07. The minimum atomic E-state index is -4.07. The zero-order valence-corrected chi connectivity index (χ0v) is 22.9. The van der Waals surface area contributed by atoms with Crippen LogP contribution in [0.25, 0.3) is 10.7 Å². The van der Waals surface area contributed by atoms with E-state index in [0.29, 0.717) is 16.4 Å². The van der Waals surface area contributed by atoms with Gasteiger partial charge >= 0.3 is 0 Å². The molecule has 2 heterocycles. The molecule has 2 aromatic heterocycles. The molecular weight excluding hydrogens is 526 g/mol. The van der Waals surface area contributed by atoms with Crippen molar-refractivity contribution in [1.82, 2.24) is 9.97 Å². The maximum atomic E-state index is 14.0. The van der Waals surface area contributed by atoms with Crippen molar-refractivity contribution in [3.8, 4) is 33.8 Å². The maximum Gasteiger partial charge on any atom is 0.265 e. The fourth-order valence-electron chi connectivity index (χ4n) is 3.60. The molecule has 11 heteroatoms. The van der Waals surface area contributed by atoms with E-state index in [9.17, 15) is 13.5 Å². The van der Waals surface area contributed by atoms with E-state index in [-0.39, 0.29) is 53.8 Å². The number of nitrogens with zero attached hydrogens (tertiary/aromatic N) is 3. The Labute approximate surface area is 226 Å². The van der Waals surface area contributed by atoms with Gasteiger partial charge < -0.3 is 19.3 Å². The summed E-state index contributed by atoms with van der Waals surface area (Å²) in [6, 6.07) is 18.8. The first-order valence-corrected chi connectivity index (χ1v) is 14.2. The molecule has 4 aromatic rings. The molecule has 0 aliphatic carbocycles. The van der Waals surface area contributed by atoms with E-state index >= 15 is 0 Å². The van der Waals surface area contributed by atoms with Gasteiger partial charge in [-0.2, -0.15) is 4.98 Å². The smallest absolute Gasteiger partial charge is 0.265 e. The van der Waals surface area contributed by atoms with Crippen LogP contribution in [-0.4, -0.2) is 50.4 Å². The average Bonchev–Trinajstić information content (AvgIpc) is 3.47. The highest BCUT2D eigenvalue weighted by atomic mass is 32.2. The summed E-state index contributed by atoms with van der Waals surface area (Å²) in [5, 5.41) is 11.4. The Kier molecular flexibility index (Phi) is 8.82. The van der Waals surface area contributed by atoms with E-state index in [4.69, 9.17) is 19.2 Å². The van der Waals surface area contributed by atoms with Gasteiger partial charge in [-0.1, -0.05) is 50.2 Å². The molecule has 0 radical (unpaired) electrons. The summed E-state index contributed by atoms with van der Waals surface area (Å²) < 4.78 is 46.8. The van der Waals surface area contributed by atoms with Crippen molar-refractivity contribution in [3.63, 3.8) is 0 Å². The summed E-state index contributed by atoms with van der Waals surface area (Å²) in [7, 11) is -2.56. The van der Waals surface area contributed by atoms with Gasteiger partial charge in [-0.25, -0.2) is 17.7 Å². The molecule has 0 spiro atoms. The number of para-hydroxylation sites is 2. The van der Waals surface area contributed by atoms with Gasteiger partial charge in [0.05, 0.1) is 23.5 Å². The van der Waals surface area contributed by atoms with Crippen LogP contribution in [0.15, 0.2) is 77.0 Å². The van der Waals surface area contributed by atoms with E-state index < -0.39 is 10.0 Å². The quantitative estimate of drug-likeness (QED) is 0.253. The number of ether oxygens (including phenoxy) is 3. The number of anilines is 1. The van der Waals surface area contributed by atoms with Gasteiger partial charge in [0.2, 0.25) is 5.75 Å². The van der Waals surface area contributed by atoms with Gasteiger partial charge in [-0.05, 0) is 41.6 Å². The predicted octanol–water partition coefficient (Wildman–Crippen LogP) is 5.23. The van der Waals surface area contributed by atoms with Crippen LogP contribution in [-0.2, 0) is 10.0 Å². The molecule has 9 nitrogen and oxygen atoms in total. The van der Waals surface area contributed by atoms with Crippen molar-refractivity contribution in [1.29, 1.82) is 0 Å². The molecule has 0 aliphatic heterocycles. The third-order valence-electron chi connectivity index (χ3n) is 5.27. The molecule has 0 bridgehead atoms. The summed E-state index contributed by atoms with van der Waals surface area (Å²) in [4.78, 5) is 10.1. The number of thiophene rings is 1. The highest BCUT2D eigenvalue weighted by Gasteiger charge is 2.33. The van der Waals surface area contributed by atoms with Crippen LogP contribution in [0.1, 0.15) is 13.8 Å². The lowest BCUT2D eigenvalue weighted by molar-refractivity contribution is 0.192. The minimum Gasteiger partial charge on any atom is -0.493 e.